The van der Waals surface area contributed by atoms with Gasteiger partial charge in [0.2, 0.25) is 5.75 Å². The number of aromatic hydroxyl groups is 2. The predicted octanol–water partition coefficient (Wildman–Crippen LogP) is 1.03. The quantitative estimate of drug-likeness (QED) is 0.634. The van der Waals surface area contributed by atoms with E-state index in [2.05, 4.69) is 0 Å². The van der Waals surface area contributed by atoms with E-state index in [0.717, 1.165) is 0 Å². The van der Waals surface area contributed by atoms with Gasteiger partial charge in [-0.1, -0.05) is 0 Å². The highest BCUT2D eigenvalue weighted by molar-refractivity contribution is 5.51. The summed E-state index contributed by atoms with van der Waals surface area (Å²) in [6, 6.07) is 2.99. The molecule has 0 saturated carbocycles. The van der Waals surface area contributed by atoms with Gasteiger partial charge in [0.25, 0.3) is 0 Å². The molecule has 0 heterocycles. The number of aliphatic hydroxyl groups excluding tert-OH is 1. The zero-order chi connectivity index (χ0) is 10.7. The molecule has 0 radical (unpaired) electrons. The van der Waals surface area contributed by atoms with E-state index in [4.69, 9.17) is 9.84 Å². The van der Waals surface area contributed by atoms with Crippen molar-refractivity contribution in [2.24, 2.45) is 0 Å². The highest BCUT2D eigenvalue weighted by atomic mass is 16.5. The average Bonchev–Trinajstić information content (AvgIpc) is 2.10. The van der Waals surface area contributed by atoms with Gasteiger partial charge in [-0.05, 0) is 31.0 Å². The van der Waals surface area contributed by atoms with Crippen LogP contribution in [0.3, 0.4) is 0 Å². The Morgan fingerprint density at radius 1 is 1.36 bits per heavy atom. The molecule has 0 aromatic heterocycles. The van der Waals surface area contributed by atoms with Crippen molar-refractivity contribution < 1.29 is 20.1 Å². The third-order valence-corrected chi connectivity index (χ3v) is 1.87. The monoisotopic (exact) mass is 198 g/mol. The van der Waals surface area contributed by atoms with Gasteiger partial charge in [-0.15, -0.1) is 0 Å². The summed E-state index contributed by atoms with van der Waals surface area (Å²) in [6.45, 7) is 1.65. The molecule has 3 N–H and O–H groups in total. The Labute approximate surface area is 82.4 Å². The lowest BCUT2D eigenvalue weighted by Crippen LogP contribution is -2.04. The van der Waals surface area contributed by atoms with E-state index in [1.54, 1.807) is 13.0 Å². The third-order valence-electron chi connectivity index (χ3n) is 1.87. The van der Waals surface area contributed by atoms with Crippen molar-refractivity contribution in [1.82, 2.24) is 0 Å². The first kappa shape index (κ1) is 10.7. The van der Waals surface area contributed by atoms with E-state index in [1.807, 2.05) is 0 Å². The lowest BCUT2D eigenvalue weighted by atomic mass is 10.1. The molecule has 1 aromatic carbocycles. The first-order valence-electron chi connectivity index (χ1n) is 4.31. The maximum atomic E-state index is 9.32. The van der Waals surface area contributed by atoms with Crippen LogP contribution in [0.2, 0.25) is 0 Å². The van der Waals surface area contributed by atoms with Crippen molar-refractivity contribution in [2.45, 2.75) is 19.4 Å². The van der Waals surface area contributed by atoms with E-state index < -0.39 is 6.10 Å². The van der Waals surface area contributed by atoms with Crippen LogP contribution in [0.5, 0.6) is 17.2 Å². The van der Waals surface area contributed by atoms with Crippen LogP contribution in [0, 0.1) is 0 Å². The second-order valence-corrected chi connectivity index (χ2v) is 3.22. The first-order valence-corrected chi connectivity index (χ1v) is 4.31. The lowest BCUT2D eigenvalue weighted by Gasteiger charge is -2.09. The van der Waals surface area contributed by atoms with Crippen molar-refractivity contribution in [3.05, 3.63) is 17.7 Å². The van der Waals surface area contributed by atoms with Gasteiger partial charge in [0.05, 0.1) is 13.2 Å². The van der Waals surface area contributed by atoms with Crippen molar-refractivity contribution in [2.75, 3.05) is 7.11 Å². The number of rotatable bonds is 3. The molecule has 0 saturated heterocycles. The smallest absolute Gasteiger partial charge is 0.200 e. The number of hydrogen-bond acceptors (Lipinski definition) is 4. The summed E-state index contributed by atoms with van der Waals surface area (Å²) >= 11 is 0. The van der Waals surface area contributed by atoms with Gasteiger partial charge < -0.3 is 20.1 Å². The Hall–Kier alpha value is -1.42. The Morgan fingerprint density at radius 2 is 2.00 bits per heavy atom. The van der Waals surface area contributed by atoms with Crippen LogP contribution >= 0.6 is 0 Å². The summed E-state index contributed by atoms with van der Waals surface area (Å²) in [5.74, 6) is -0.303. The van der Waals surface area contributed by atoms with Crippen LogP contribution < -0.4 is 4.74 Å². The van der Waals surface area contributed by atoms with E-state index >= 15 is 0 Å². The van der Waals surface area contributed by atoms with Crippen molar-refractivity contribution >= 4 is 0 Å². The predicted molar refractivity (Wildman–Crippen MR) is 51.7 cm³/mol. The molecule has 0 aliphatic heterocycles. The summed E-state index contributed by atoms with van der Waals surface area (Å²) < 4.78 is 4.86. The SMILES string of the molecule is COc1cc(CC(C)O)cc(O)c1O. The van der Waals surface area contributed by atoms with Gasteiger partial charge in [-0.3, -0.25) is 0 Å². The van der Waals surface area contributed by atoms with Crippen LogP contribution in [-0.2, 0) is 6.42 Å². The highest BCUT2D eigenvalue weighted by Gasteiger charge is 2.10. The van der Waals surface area contributed by atoms with Crippen molar-refractivity contribution in [3.8, 4) is 17.2 Å². The van der Waals surface area contributed by atoms with Crippen molar-refractivity contribution in [1.29, 1.82) is 0 Å². The highest BCUT2D eigenvalue weighted by Crippen LogP contribution is 2.36. The molecule has 0 fully saturated rings. The summed E-state index contributed by atoms with van der Waals surface area (Å²) in [5, 5.41) is 27.8. The molecule has 1 atom stereocenters. The molecule has 1 rings (SSSR count). The number of methoxy groups -OCH3 is 1. The number of ether oxygens (including phenoxy) is 1. The molecular formula is C10H14O4. The fraction of sp³-hybridized carbons (Fsp3) is 0.400. The zero-order valence-corrected chi connectivity index (χ0v) is 8.19. The van der Waals surface area contributed by atoms with Gasteiger partial charge >= 0.3 is 0 Å². The zero-order valence-electron chi connectivity index (χ0n) is 8.19. The summed E-state index contributed by atoms with van der Waals surface area (Å²) in [4.78, 5) is 0. The molecule has 1 aromatic rings. The molecule has 0 aliphatic rings. The number of hydrogen-bond donors (Lipinski definition) is 3. The molecule has 0 spiro atoms. The normalized spacial score (nSPS) is 12.5. The fourth-order valence-corrected chi connectivity index (χ4v) is 1.26. The molecule has 4 nitrogen and oxygen atoms in total. The van der Waals surface area contributed by atoms with Gasteiger partial charge in [0, 0.05) is 0 Å². The largest absolute Gasteiger partial charge is 0.504 e. The molecule has 0 amide bonds. The Balaban J connectivity index is 3.03. The second-order valence-electron chi connectivity index (χ2n) is 3.22. The van der Waals surface area contributed by atoms with Crippen LogP contribution in [0.4, 0.5) is 0 Å². The van der Waals surface area contributed by atoms with Gasteiger partial charge in [-0.2, -0.15) is 0 Å². The van der Waals surface area contributed by atoms with Crippen LogP contribution in [0.25, 0.3) is 0 Å². The lowest BCUT2D eigenvalue weighted by molar-refractivity contribution is 0.195. The van der Waals surface area contributed by atoms with E-state index in [0.29, 0.717) is 12.0 Å². The molecule has 0 aliphatic carbocycles. The minimum Gasteiger partial charge on any atom is -0.504 e. The van der Waals surface area contributed by atoms with Crippen LogP contribution in [-0.4, -0.2) is 28.5 Å². The maximum absolute atomic E-state index is 9.32. The van der Waals surface area contributed by atoms with E-state index in [1.165, 1.54) is 13.2 Å². The molecule has 14 heavy (non-hydrogen) atoms. The Kier molecular flexibility index (Phi) is 3.19. The van der Waals surface area contributed by atoms with Gasteiger partial charge in [-0.25, -0.2) is 0 Å². The number of phenolic OH excluding ortho intramolecular Hbond substituents is 2. The number of aliphatic hydroxyl groups is 1. The molecule has 4 heteroatoms. The van der Waals surface area contributed by atoms with Crippen LogP contribution in [0.15, 0.2) is 12.1 Å². The Bertz CT molecular complexity index is 320. The van der Waals surface area contributed by atoms with Crippen LogP contribution in [0.1, 0.15) is 12.5 Å². The average molecular weight is 198 g/mol. The standard InChI is InChI=1S/C10H14O4/c1-6(11)3-7-4-8(12)10(13)9(5-7)14-2/h4-6,11-13H,3H2,1-2H3. The van der Waals surface area contributed by atoms with Crippen molar-refractivity contribution in [3.63, 3.8) is 0 Å². The minimum absolute atomic E-state index is 0.209. The van der Waals surface area contributed by atoms with E-state index in [-0.39, 0.29) is 17.2 Å². The molecule has 1 unspecified atom stereocenters. The minimum atomic E-state index is -0.497. The number of phenols is 2. The maximum Gasteiger partial charge on any atom is 0.200 e. The fourth-order valence-electron chi connectivity index (χ4n) is 1.26. The molecular weight excluding hydrogens is 184 g/mol. The van der Waals surface area contributed by atoms with Gasteiger partial charge in [0.15, 0.2) is 11.5 Å². The van der Waals surface area contributed by atoms with Gasteiger partial charge in [0.1, 0.15) is 0 Å². The summed E-state index contributed by atoms with van der Waals surface area (Å²) in [7, 11) is 1.40. The summed E-state index contributed by atoms with van der Waals surface area (Å²) in [6.07, 6.45) is -0.0897. The topological polar surface area (TPSA) is 69.9 Å². The number of benzene rings is 1. The second kappa shape index (κ2) is 4.19. The van der Waals surface area contributed by atoms with E-state index in [9.17, 15) is 10.2 Å². The Morgan fingerprint density at radius 3 is 2.50 bits per heavy atom. The summed E-state index contributed by atoms with van der Waals surface area (Å²) in [5.41, 5.74) is 0.715. The molecule has 0 bridgehead atoms. The molecule has 78 valence electrons. The third kappa shape index (κ3) is 2.29. The first-order chi connectivity index (χ1) is 6.54.